The van der Waals surface area contributed by atoms with E-state index < -0.39 is 21.7 Å². The Kier molecular flexibility index (Phi) is 17.4. The molecule has 6 unspecified atom stereocenters. The molecule has 12 heteroatoms. The fourth-order valence-electron chi connectivity index (χ4n) is 12.6. The Morgan fingerprint density at radius 2 is 0.651 bits per heavy atom. The molecule has 6 atom stereocenters. The van der Waals surface area contributed by atoms with Gasteiger partial charge < -0.3 is 56.8 Å². The summed E-state index contributed by atoms with van der Waals surface area (Å²) in [6, 6.07) is 44.6. The zero-order chi connectivity index (χ0) is 59.8. The first kappa shape index (κ1) is 60.2. The van der Waals surface area contributed by atoms with Gasteiger partial charge in [-0.2, -0.15) is 0 Å². The standard InChI is InChI=1S/C74H90O12/c1-11-73(12-2,64-32-52(21-29-67(64)84-45-61-42-81-61)70(5,6)49-15-23-55(24-16-49)75-36-58-39-78-58)35-48-31-54(72(9,10)51-19-27-57(28-20-51)77-38-60-41-80-60)34-66(69(48)86-47-63-44-83-63)74(13-3,14-4)65-33-53(22-30-68(65)85-46-62-43-82-62)71(7,8)50-17-25-56(26-18-50)76-37-59-40-79-59/h15-34,58-63H,11-14,35-47H2,1-10H3. The maximum absolute atomic E-state index is 7.50. The summed E-state index contributed by atoms with van der Waals surface area (Å²) in [7, 11) is 0. The van der Waals surface area contributed by atoms with Gasteiger partial charge in [-0.1, -0.05) is 142 Å². The second-order valence-corrected chi connectivity index (χ2v) is 26.4. The molecule has 6 fully saturated rings. The van der Waals surface area contributed by atoms with Crippen LogP contribution in [-0.2, 0) is 61.9 Å². The van der Waals surface area contributed by atoms with Crippen LogP contribution in [0.4, 0.5) is 0 Å². The van der Waals surface area contributed by atoms with Crippen molar-refractivity contribution in [2.45, 2.75) is 165 Å². The molecule has 0 aliphatic carbocycles. The van der Waals surface area contributed by atoms with Gasteiger partial charge in [0.15, 0.2) is 0 Å². The second-order valence-electron chi connectivity index (χ2n) is 26.4. The highest BCUT2D eigenvalue weighted by atomic mass is 16.6. The lowest BCUT2D eigenvalue weighted by Crippen LogP contribution is -2.33. The van der Waals surface area contributed by atoms with Gasteiger partial charge in [0, 0.05) is 43.8 Å². The van der Waals surface area contributed by atoms with Gasteiger partial charge in [0.1, 0.15) is 111 Å². The highest BCUT2D eigenvalue weighted by Crippen LogP contribution is 2.53. The first-order chi connectivity index (χ1) is 41.5. The van der Waals surface area contributed by atoms with Crippen molar-refractivity contribution >= 4 is 0 Å². The molecule has 458 valence electrons. The summed E-state index contributed by atoms with van der Waals surface area (Å²) in [4.78, 5) is 0. The molecule has 0 bridgehead atoms. The van der Waals surface area contributed by atoms with Crippen LogP contribution in [0.25, 0.3) is 0 Å². The summed E-state index contributed by atoms with van der Waals surface area (Å²) in [6.07, 6.45) is 4.60. The summed E-state index contributed by atoms with van der Waals surface area (Å²) in [5.74, 6) is 5.19. The molecule has 6 heterocycles. The molecule has 6 aromatic carbocycles. The molecule has 6 aliphatic rings. The van der Waals surface area contributed by atoms with Crippen LogP contribution in [-0.4, -0.2) is 116 Å². The molecule has 0 radical (unpaired) electrons. The fourth-order valence-corrected chi connectivity index (χ4v) is 12.6. The normalized spacial score (nSPS) is 21.3. The van der Waals surface area contributed by atoms with E-state index in [1.54, 1.807) is 0 Å². The van der Waals surface area contributed by atoms with E-state index >= 15 is 0 Å². The summed E-state index contributed by atoms with van der Waals surface area (Å²) in [5.41, 5.74) is 9.53. The molecule has 6 aromatic rings. The first-order valence-electron chi connectivity index (χ1n) is 31.8. The second kappa shape index (κ2) is 24.8. The number of benzene rings is 6. The highest BCUT2D eigenvalue weighted by Gasteiger charge is 2.44. The summed E-state index contributed by atoms with van der Waals surface area (Å²) >= 11 is 0. The number of epoxide rings is 6. The van der Waals surface area contributed by atoms with E-state index in [9.17, 15) is 0 Å². The van der Waals surface area contributed by atoms with Crippen molar-refractivity contribution in [3.63, 3.8) is 0 Å². The van der Waals surface area contributed by atoms with Crippen molar-refractivity contribution in [2.24, 2.45) is 0 Å². The van der Waals surface area contributed by atoms with Gasteiger partial charge in [-0.3, -0.25) is 0 Å². The SMILES string of the molecule is CCC(CC)(Cc1cc(C(C)(C)c2ccc(OCC3CO3)cc2)cc(C(CC)(CC)c2cc(C(C)(C)c3ccc(OCC4CO4)cc3)ccc2OCC2CO2)c1OCC1CO1)c1cc(C(C)(C)c2ccc(OCC3CO3)cc2)ccc1OCC1CO1. The lowest BCUT2D eigenvalue weighted by molar-refractivity contribution is 0.245. The predicted octanol–water partition coefficient (Wildman–Crippen LogP) is 13.7. The van der Waals surface area contributed by atoms with Gasteiger partial charge in [-0.25, -0.2) is 0 Å². The minimum Gasteiger partial charge on any atom is -0.491 e. The largest absolute Gasteiger partial charge is 0.491 e. The predicted molar refractivity (Wildman–Crippen MR) is 334 cm³/mol. The third-order valence-electron chi connectivity index (χ3n) is 19.7. The molecule has 0 saturated carbocycles. The van der Waals surface area contributed by atoms with Crippen molar-refractivity contribution in [3.05, 3.63) is 177 Å². The van der Waals surface area contributed by atoms with Crippen LogP contribution in [0.2, 0.25) is 0 Å². The van der Waals surface area contributed by atoms with E-state index in [1.807, 2.05) is 0 Å². The van der Waals surface area contributed by atoms with Gasteiger partial charge >= 0.3 is 0 Å². The van der Waals surface area contributed by atoms with Crippen LogP contribution < -0.4 is 28.4 Å². The number of ether oxygens (including phenoxy) is 12. The van der Waals surface area contributed by atoms with Crippen molar-refractivity contribution in [1.29, 1.82) is 0 Å². The Bertz CT molecular complexity index is 3260. The Hall–Kier alpha value is -6.12. The van der Waals surface area contributed by atoms with Crippen LogP contribution in [0, 0.1) is 0 Å². The molecule has 86 heavy (non-hydrogen) atoms. The van der Waals surface area contributed by atoms with Crippen molar-refractivity contribution in [2.75, 3.05) is 79.3 Å². The first-order valence-corrected chi connectivity index (χ1v) is 31.8. The van der Waals surface area contributed by atoms with Crippen molar-refractivity contribution in [3.8, 4) is 34.5 Å². The van der Waals surface area contributed by atoms with Gasteiger partial charge in [0.2, 0.25) is 0 Å². The monoisotopic (exact) mass is 1170 g/mol. The molecule has 12 rings (SSSR count). The number of hydrogen-bond donors (Lipinski definition) is 0. The van der Waals surface area contributed by atoms with E-state index in [0.717, 1.165) is 96.7 Å². The van der Waals surface area contributed by atoms with Crippen LogP contribution in [0.3, 0.4) is 0 Å². The lowest BCUT2D eigenvalue weighted by Gasteiger charge is -2.41. The lowest BCUT2D eigenvalue weighted by atomic mass is 9.64. The molecule has 6 saturated heterocycles. The Balaban J connectivity index is 1.01. The van der Waals surface area contributed by atoms with Crippen LogP contribution in [0.1, 0.15) is 151 Å². The maximum atomic E-state index is 7.50. The highest BCUT2D eigenvalue weighted by molar-refractivity contribution is 5.61. The van der Waals surface area contributed by atoms with E-state index in [2.05, 4.69) is 191 Å². The number of rotatable bonds is 33. The van der Waals surface area contributed by atoms with Crippen LogP contribution in [0.5, 0.6) is 34.5 Å². The maximum Gasteiger partial charge on any atom is 0.126 e. The molecule has 12 nitrogen and oxygen atoms in total. The summed E-state index contributed by atoms with van der Waals surface area (Å²) in [6.45, 7) is 30.8. The molecule has 0 aromatic heterocycles. The minimum absolute atomic E-state index is 0.00980. The Morgan fingerprint density at radius 3 is 1.01 bits per heavy atom. The van der Waals surface area contributed by atoms with Gasteiger partial charge in [0.05, 0.1) is 39.6 Å². The van der Waals surface area contributed by atoms with Gasteiger partial charge in [0.25, 0.3) is 0 Å². The molecule has 0 amide bonds. The minimum atomic E-state index is -0.604. The van der Waals surface area contributed by atoms with Crippen LogP contribution in [0.15, 0.2) is 121 Å². The molecule has 0 spiro atoms. The van der Waals surface area contributed by atoms with Crippen molar-refractivity contribution < 1.29 is 56.8 Å². The third-order valence-corrected chi connectivity index (χ3v) is 19.7. The summed E-state index contributed by atoms with van der Waals surface area (Å²) < 4.78 is 73.7. The van der Waals surface area contributed by atoms with E-state index in [4.69, 9.17) is 56.8 Å². The van der Waals surface area contributed by atoms with Gasteiger partial charge in [-0.15, -0.1) is 0 Å². The molecule has 0 N–H and O–H groups in total. The Morgan fingerprint density at radius 1 is 0.337 bits per heavy atom. The average Bonchev–Trinajstić information content (AvgIpc) is 1.35. The zero-order valence-electron chi connectivity index (χ0n) is 52.4. The fraction of sp³-hybridized carbons (Fsp3) is 0.514. The Labute approximate surface area is 510 Å². The van der Waals surface area contributed by atoms with Crippen LogP contribution >= 0.6 is 0 Å². The van der Waals surface area contributed by atoms with E-state index in [0.29, 0.717) is 65.9 Å². The smallest absolute Gasteiger partial charge is 0.126 e. The topological polar surface area (TPSA) is 131 Å². The quantitative estimate of drug-likeness (QED) is 0.0364. The van der Waals surface area contributed by atoms with Crippen molar-refractivity contribution in [1.82, 2.24) is 0 Å². The van der Waals surface area contributed by atoms with Gasteiger partial charge in [-0.05, 0) is 120 Å². The average molecular weight is 1170 g/mol. The molecular weight excluding hydrogens is 1080 g/mol. The van der Waals surface area contributed by atoms with E-state index in [-0.39, 0.29) is 42.0 Å². The van der Waals surface area contributed by atoms with E-state index in [1.165, 1.54) is 38.9 Å². The number of hydrogen-bond acceptors (Lipinski definition) is 12. The zero-order valence-corrected chi connectivity index (χ0v) is 52.4. The summed E-state index contributed by atoms with van der Waals surface area (Å²) in [5, 5.41) is 0. The molecule has 6 aliphatic heterocycles. The third kappa shape index (κ3) is 13.5. The molecular formula is C74H90O12.